The summed E-state index contributed by atoms with van der Waals surface area (Å²) in [6, 6.07) is 9.47. The summed E-state index contributed by atoms with van der Waals surface area (Å²) in [5.41, 5.74) is -24.9. The Bertz CT molecular complexity index is 2820. The average Bonchev–Trinajstić information content (AvgIpc) is 3.69. The van der Waals surface area contributed by atoms with Gasteiger partial charge in [-0.3, -0.25) is 0 Å². The van der Waals surface area contributed by atoms with Gasteiger partial charge in [0.1, 0.15) is 10.8 Å². The molecule has 0 aliphatic rings. The molecule has 7 rings (SSSR count). The van der Waals surface area contributed by atoms with Gasteiger partial charge in [0.2, 0.25) is 11.0 Å². The minimum absolute atomic E-state index is 0.691. The molecule has 0 atom stereocenters. The van der Waals surface area contributed by atoms with Crippen LogP contribution in [0.5, 0.6) is 0 Å². The van der Waals surface area contributed by atoms with E-state index in [0.29, 0.717) is 5.56 Å². The Morgan fingerprint density at radius 2 is 0.640 bits per heavy atom. The molecule has 28 heteroatoms. The van der Waals surface area contributed by atoms with E-state index in [1.165, 1.54) is 15.8 Å². The Balaban J connectivity index is 0.000000421. The molecule has 0 N–H and O–H groups in total. The molecule has 6 aromatic carbocycles. The second-order valence-electron chi connectivity index (χ2n) is 16.4. The fourth-order valence-corrected chi connectivity index (χ4v) is 8.94. The molecule has 0 unspecified atom stereocenters. The average molecular weight is 1110 g/mol. The van der Waals surface area contributed by atoms with Gasteiger partial charge in [-0.1, -0.05) is 84.1 Å². The first kappa shape index (κ1) is 57.4. The number of alkyl halides is 24. The quantitative estimate of drug-likeness (QED) is 0.0926. The number of hydrogen-bond acceptors (Lipinski definition) is 2. The zero-order valence-electron chi connectivity index (χ0n) is 36.3. The first-order chi connectivity index (χ1) is 34.1. The van der Waals surface area contributed by atoms with Crippen molar-refractivity contribution >= 4 is 49.6 Å². The fraction of sp³-hybridized carbons (Fsp3) is 0.191. The number of nitriles is 1. The third-order valence-electron chi connectivity index (χ3n) is 11.4. The van der Waals surface area contributed by atoms with Crippen molar-refractivity contribution < 1.29 is 110 Å². The van der Waals surface area contributed by atoms with Crippen LogP contribution in [0.25, 0.3) is 10.2 Å². The SMILES string of the molecule is FC(F)(F)c1cc([B-](c2cc(C(F)(F)F)cc(C(F)(F)F)c2)(c2cc(C(F)(F)F)cc(C(F)(F)F)c2)c2cc(C(F)(F)F)cc(C(F)(F)F)c2)cc(C(F)(F)F)c1.N#Cc1ccc(C[n+]2csc3ccccc32)cc1. The van der Waals surface area contributed by atoms with E-state index >= 15 is 0 Å². The number of nitrogens with zero attached hydrogens (tertiary/aromatic N) is 2. The normalized spacial score (nSPS) is 13.4. The molecule has 7 aromatic rings. The van der Waals surface area contributed by atoms with Gasteiger partial charge >= 0.3 is 49.4 Å². The maximum absolute atomic E-state index is 14.2. The molecule has 0 fully saturated rings. The Morgan fingerprint density at radius 3 is 0.893 bits per heavy atom. The van der Waals surface area contributed by atoms with E-state index in [1.54, 1.807) is 11.3 Å². The number of fused-ring (bicyclic) bond motifs is 1. The zero-order valence-corrected chi connectivity index (χ0v) is 37.1. The van der Waals surface area contributed by atoms with E-state index in [2.05, 4.69) is 40.4 Å². The Morgan fingerprint density at radius 1 is 0.373 bits per heavy atom. The van der Waals surface area contributed by atoms with Gasteiger partial charge in [0.25, 0.3) is 0 Å². The molecule has 0 saturated heterocycles. The van der Waals surface area contributed by atoms with Gasteiger partial charge < -0.3 is 0 Å². The van der Waals surface area contributed by atoms with Gasteiger partial charge in [0.05, 0.1) is 56.1 Å². The number of benzene rings is 6. The minimum atomic E-state index is -6.13. The first-order valence-electron chi connectivity index (χ1n) is 20.3. The predicted octanol–water partition coefficient (Wildman–Crippen LogP) is 14.3. The monoisotopic (exact) mass is 1110 g/mol. The van der Waals surface area contributed by atoms with Gasteiger partial charge in [-0.2, -0.15) is 137 Å². The van der Waals surface area contributed by atoms with E-state index < -0.39 is 195 Å². The summed E-state index contributed by atoms with van der Waals surface area (Å²) in [6.07, 6.45) is -54.8. The number of thiazole rings is 1. The molecule has 2 nitrogen and oxygen atoms in total. The summed E-state index contributed by atoms with van der Waals surface area (Å²) < 4.78 is 344. The number of rotatable bonds is 6. The van der Waals surface area contributed by atoms with Gasteiger partial charge in [-0.05, 0) is 42.5 Å². The van der Waals surface area contributed by atoms with E-state index in [9.17, 15) is 105 Å². The summed E-state index contributed by atoms with van der Waals surface area (Å²) in [5.74, 6) is 0. The van der Waals surface area contributed by atoms with Crippen molar-refractivity contribution in [2.75, 3.05) is 0 Å². The lowest BCUT2D eigenvalue weighted by atomic mass is 9.12. The van der Waals surface area contributed by atoms with Crippen molar-refractivity contribution in [1.82, 2.24) is 0 Å². The highest BCUT2D eigenvalue weighted by molar-refractivity contribution is 7.20. The molecule has 1 heterocycles. The van der Waals surface area contributed by atoms with Crippen LogP contribution in [0.2, 0.25) is 0 Å². The molecule has 0 aliphatic carbocycles. The Kier molecular flexibility index (Phi) is 15.0. The number of halogens is 24. The molecule has 0 radical (unpaired) electrons. The van der Waals surface area contributed by atoms with Crippen LogP contribution < -0.4 is 26.4 Å². The smallest absolute Gasteiger partial charge is 0.194 e. The number of aromatic nitrogens is 1. The Labute approximate surface area is 408 Å². The molecular weight excluding hydrogens is 1090 g/mol. The van der Waals surface area contributed by atoms with Crippen LogP contribution in [0, 0.1) is 11.3 Å². The van der Waals surface area contributed by atoms with Crippen LogP contribution in [0.15, 0.2) is 127 Å². The van der Waals surface area contributed by atoms with Gasteiger partial charge in [0, 0.05) is 11.6 Å². The first-order valence-corrected chi connectivity index (χ1v) is 21.2. The lowest BCUT2D eigenvalue weighted by molar-refractivity contribution is -0.658. The van der Waals surface area contributed by atoms with E-state index in [4.69, 9.17) is 5.26 Å². The molecule has 1 aromatic heterocycles. The number of para-hydroxylation sites is 1. The summed E-state index contributed by atoms with van der Waals surface area (Å²) in [6.45, 7) is 0.843. The molecule has 0 spiro atoms. The predicted molar refractivity (Wildman–Crippen MR) is 222 cm³/mol. The van der Waals surface area contributed by atoms with Crippen molar-refractivity contribution in [3.05, 3.63) is 182 Å². The summed E-state index contributed by atoms with van der Waals surface area (Å²) in [5, 5.41) is 8.77. The summed E-state index contributed by atoms with van der Waals surface area (Å²) in [7, 11) is 0. The minimum Gasteiger partial charge on any atom is -0.194 e. The topological polar surface area (TPSA) is 27.7 Å². The standard InChI is InChI=1S/C32H12BF24.C15H11N2S/c34-25(35,36)13-1-14(26(37,38)39)6-21(5-13)33(22-7-15(27(40,41)42)2-16(8-22)28(43,44)45,23-9-17(29(46,47)48)3-18(10-23)30(49,50)51)24-11-19(31(52,53)54)4-20(12-24)32(55,56)57;16-9-12-5-7-13(8-6-12)10-17-11-18-15-4-2-1-3-14(15)17/h1-12H;1-8,11H,10H2/q-1;+1. The van der Waals surface area contributed by atoms with Crippen LogP contribution in [0.4, 0.5) is 105 Å². The van der Waals surface area contributed by atoms with Crippen molar-refractivity contribution in [1.29, 1.82) is 5.26 Å². The lowest BCUT2D eigenvalue weighted by Crippen LogP contribution is -2.75. The molecule has 398 valence electrons. The highest BCUT2D eigenvalue weighted by atomic mass is 32.1. The molecule has 0 aliphatic heterocycles. The van der Waals surface area contributed by atoms with Crippen LogP contribution in [-0.2, 0) is 56.0 Å². The molecule has 0 saturated carbocycles. The zero-order chi connectivity index (χ0) is 56.3. The Hall–Kier alpha value is -6.92. The van der Waals surface area contributed by atoms with Crippen molar-refractivity contribution in [3.8, 4) is 6.07 Å². The van der Waals surface area contributed by atoms with Crippen LogP contribution >= 0.6 is 11.3 Å². The van der Waals surface area contributed by atoms with E-state index in [0.717, 1.165) is 6.54 Å². The highest BCUT2D eigenvalue weighted by Gasteiger charge is 2.47. The molecule has 75 heavy (non-hydrogen) atoms. The molecular formula is C47H23BF24N2S. The third-order valence-corrected chi connectivity index (χ3v) is 12.3. The van der Waals surface area contributed by atoms with Crippen molar-refractivity contribution in [2.24, 2.45) is 0 Å². The summed E-state index contributed by atoms with van der Waals surface area (Å²) >= 11 is 1.75. The molecule has 0 bridgehead atoms. The highest BCUT2D eigenvalue weighted by Crippen LogP contribution is 2.41. The van der Waals surface area contributed by atoms with E-state index in [-0.39, 0.29) is 0 Å². The fourth-order valence-electron chi connectivity index (χ4n) is 8.05. The third kappa shape index (κ3) is 12.8. The summed E-state index contributed by atoms with van der Waals surface area (Å²) in [4.78, 5) is 0. The van der Waals surface area contributed by atoms with Crippen LogP contribution in [0.3, 0.4) is 0 Å². The maximum Gasteiger partial charge on any atom is 0.416 e. The second-order valence-corrected chi connectivity index (χ2v) is 17.2. The van der Waals surface area contributed by atoms with Crippen molar-refractivity contribution in [2.45, 2.75) is 56.0 Å². The largest absolute Gasteiger partial charge is 0.416 e. The van der Waals surface area contributed by atoms with Gasteiger partial charge in [-0.25, -0.2) is 0 Å². The number of hydrogen-bond donors (Lipinski definition) is 0. The van der Waals surface area contributed by atoms with E-state index in [1.807, 2.05) is 24.3 Å². The van der Waals surface area contributed by atoms with Gasteiger partial charge in [-0.15, -0.1) is 0 Å². The molecule has 0 amide bonds. The van der Waals surface area contributed by atoms with Crippen LogP contribution in [0.1, 0.15) is 55.6 Å². The van der Waals surface area contributed by atoms with Gasteiger partial charge in [0.15, 0.2) is 6.54 Å². The lowest BCUT2D eigenvalue weighted by Gasteiger charge is -2.46. The second kappa shape index (κ2) is 19.7. The maximum atomic E-state index is 14.2. The van der Waals surface area contributed by atoms with Crippen LogP contribution in [-0.4, -0.2) is 6.15 Å². The van der Waals surface area contributed by atoms with Crippen molar-refractivity contribution in [3.63, 3.8) is 0 Å².